The molecule has 0 unspecified atom stereocenters. The van der Waals surface area contributed by atoms with Crippen molar-refractivity contribution in [2.45, 2.75) is 17.8 Å². The van der Waals surface area contributed by atoms with Gasteiger partial charge >= 0.3 is 5.97 Å². The standard InChI is InChI=1S/C15H15N3O4S/c1-2-4-17-5-3-8(12(17)19)6-9-7-23-14-10(16)13(20)18(14)11(9)15(21)22/h1,6,10,14H,3-5,7,16H2,(H,21,22)/t10-,14-/m1/s1. The third-order valence-corrected chi connectivity index (χ3v) is 5.41. The second-order valence-electron chi connectivity index (χ2n) is 5.46. The maximum absolute atomic E-state index is 12.2. The van der Waals surface area contributed by atoms with Gasteiger partial charge in [-0.3, -0.25) is 14.5 Å². The Hall–Kier alpha value is -2.24. The van der Waals surface area contributed by atoms with Crippen molar-refractivity contribution in [2.24, 2.45) is 5.73 Å². The monoisotopic (exact) mass is 333 g/mol. The molecule has 0 aromatic heterocycles. The van der Waals surface area contributed by atoms with E-state index in [9.17, 15) is 19.5 Å². The Kier molecular flexibility index (Phi) is 3.92. The molecule has 0 saturated carbocycles. The molecule has 8 heteroatoms. The van der Waals surface area contributed by atoms with Crippen LogP contribution in [0.15, 0.2) is 22.9 Å². The number of carbonyl (C=O) groups excluding carboxylic acids is 2. The molecule has 120 valence electrons. The number of carboxylic acids is 1. The fourth-order valence-electron chi connectivity index (χ4n) is 2.92. The molecule has 2 saturated heterocycles. The lowest BCUT2D eigenvalue weighted by atomic mass is 10.0. The van der Waals surface area contributed by atoms with Crippen LogP contribution in [0.2, 0.25) is 0 Å². The van der Waals surface area contributed by atoms with E-state index >= 15 is 0 Å². The largest absolute Gasteiger partial charge is 0.477 e. The smallest absolute Gasteiger partial charge is 0.352 e. The summed E-state index contributed by atoms with van der Waals surface area (Å²) in [5.41, 5.74) is 6.61. The first-order chi connectivity index (χ1) is 11.0. The molecular formula is C15H15N3O4S. The van der Waals surface area contributed by atoms with Gasteiger partial charge in [-0.15, -0.1) is 18.2 Å². The van der Waals surface area contributed by atoms with Crippen LogP contribution in [0.4, 0.5) is 0 Å². The highest BCUT2D eigenvalue weighted by atomic mass is 32.2. The van der Waals surface area contributed by atoms with Gasteiger partial charge in [0.05, 0.1) is 6.54 Å². The first-order valence-electron chi connectivity index (χ1n) is 7.05. The zero-order valence-electron chi connectivity index (χ0n) is 12.2. The van der Waals surface area contributed by atoms with E-state index in [-0.39, 0.29) is 23.5 Å². The van der Waals surface area contributed by atoms with Gasteiger partial charge in [-0.2, -0.15) is 0 Å². The molecule has 0 bridgehead atoms. The van der Waals surface area contributed by atoms with Crippen molar-refractivity contribution in [3.63, 3.8) is 0 Å². The van der Waals surface area contributed by atoms with E-state index in [1.54, 1.807) is 6.08 Å². The van der Waals surface area contributed by atoms with E-state index in [2.05, 4.69) is 5.92 Å². The molecule has 3 heterocycles. The first kappa shape index (κ1) is 15.6. The number of β-lactam (4-membered cyclic amide) rings is 1. The predicted molar refractivity (Wildman–Crippen MR) is 83.8 cm³/mol. The number of hydrogen-bond acceptors (Lipinski definition) is 5. The zero-order chi connectivity index (χ0) is 16.7. The number of thioether (sulfide) groups is 1. The van der Waals surface area contributed by atoms with Crippen molar-refractivity contribution in [3.8, 4) is 12.3 Å². The zero-order valence-corrected chi connectivity index (χ0v) is 13.0. The Bertz CT molecular complexity index is 706. The lowest BCUT2D eigenvalue weighted by Crippen LogP contribution is -2.68. The van der Waals surface area contributed by atoms with Gasteiger partial charge in [0.25, 0.3) is 5.91 Å². The van der Waals surface area contributed by atoms with Gasteiger partial charge in [0.2, 0.25) is 5.91 Å². The third-order valence-electron chi connectivity index (χ3n) is 4.09. The SMILES string of the molecule is C#CCN1CCC(=CC2=C(C(=O)O)N3C(=O)[C@@H](N)[C@H]3SC2)C1=O. The Morgan fingerprint density at radius 3 is 2.91 bits per heavy atom. The summed E-state index contributed by atoms with van der Waals surface area (Å²) in [7, 11) is 0. The summed E-state index contributed by atoms with van der Waals surface area (Å²) in [5, 5.41) is 9.12. The van der Waals surface area contributed by atoms with Crippen LogP contribution >= 0.6 is 11.8 Å². The average Bonchev–Trinajstić information content (AvgIpc) is 2.87. The van der Waals surface area contributed by atoms with Crippen LogP contribution in [0, 0.1) is 12.3 Å². The van der Waals surface area contributed by atoms with Crippen molar-refractivity contribution < 1.29 is 19.5 Å². The van der Waals surface area contributed by atoms with Gasteiger partial charge in [0.15, 0.2) is 0 Å². The lowest BCUT2D eigenvalue weighted by Gasteiger charge is -2.47. The van der Waals surface area contributed by atoms with Crippen LogP contribution in [-0.4, -0.2) is 62.9 Å². The fraction of sp³-hybridized carbons (Fsp3) is 0.400. The van der Waals surface area contributed by atoms with Gasteiger partial charge < -0.3 is 15.7 Å². The molecule has 3 aliphatic heterocycles. The minimum Gasteiger partial charge on any atom is -0.477 e. The predicted octanol–water partition coefficient (Wildman–Crippen LogP) is -0.641. The summed E-state index contributed by atoms with van der Waals surface area (Å²) in [5.74, 6) is 1.05. The van der Waals surface area contributed by atoms with Crippen LogP contribution in [-0.2, 0) is 14.4 Å². The van der Waals surface area contributed by atoms with E-state index in [0.717, 1.165) is 0 Å². The van der Waals surface area contributed by atoms with E-state index in [0.29, 0.717) is 29.9 Å². The summed E-state index contributed by atoms with van der Waals surface area (Å²) in [6.07, 6.45) is 7.32. The van der Waals surface area contributed by atoms with Crippen molar-refractivity contribution in [3.05, 3.63) is 22.9 Å². The van der Waals surface area contributed by atoms with Crippen LogP contribution < -0.4 is 5.73 Å². The number of carbonyl (C=O) groups is 3. The Labute approximate surface area is 137 Å². The van der Waals surface area contributed by atoms with Gasteiger partial charge in [0, 0.05) is 17.9 Å². The van der Waals surface area contributed by atoms with Crippen LogP contribution in [0.3, 0.4) is 0 Å². The topological polar surface area (TPSA) is 104 Å². The number of likely N-dealkylation sites (tertiary alicyclic amines) is 1. The molecule has 3 aliphatic rings. The normalized spacial score (nSPS) is 28.8. The Balaban J connectivity index is 1.93. The molecule has 2 fully saturated rings. The van der Waals surface area contributed by atoms with E-state index in [4.69, 9.17) is 12.2 Å². The van der Waals surface area contributed by atoms with Gasteiger partial charge in [0.1, 0.15) is 17.1 Å². The summed E-state index contributed by atoms with van der Waals surface area (Å²) in [6, 6.07) is -0.664. The highest BCUT2D eigenvalue weighted by Gasteiger charge is 2.51. The minimum atomic E-state index is -1.19. The third kappa shape index (κ3) is 2.42. The highest BCUT2D eigenvalue weighted by molar-refractivity contribution is 8.00. The van der Waals surface area contributed by atoms with Crippen molar-refractivity contribution >= 4 is 29.5 Å². The lowest BCUT2D eigenvalue weighted by molar-refractivity contribution is -0.147. The molecule has 3 rings (SSSR count). The number of carboxylic acid groups (broad SMARTS) is 1. The second-order valence-corrected chi connectivity index (χ2v) is 6.57. The van der Waals surface area contributed by atoms with Crippen molar-refractivity contribution in [1.29, 1.82) is 0 Å². The maximum Gasteiger partial charge on any atom is 0.352 e. The van der Waals surface area contributed by atoms with Gasteiger partial charge in [-0.1, -0.05) is 5.92 Å². The molecule has 0 aliphatic carbocycles. The number of hydrogen-bond donors (Lipinski definition) is 2. The number of nitrogens with zero attached hydrogens (tertiary/aromatic N) is 2. The molecule has 0 aromatic rings. The fourth-order valence-corrected chi connectivity index (χ4v) is 4.18. The van der Waals surface area contributed by atoms with E-state index in [1.165, 1.54) is 21.6 Å². The van der Waals surface area contributed by atoms with Crippen molar-refractivity contribution in [2.75, 3.05) is 18.8 Å². The van der Waals surface area contributed by atoms with Gasteiger partial charge in [-0.25, -0.2) is 4.79 Å². The van der Waals surface area contributed by atoms with Crippen LogP contribution in [0.25, 0.3) is 0 Å². The molecule has 2 atom stereocenters. The highest BCUT2D eigenvalue weighted by Crippen LogP contribution is 2.40. The number of nitrogens with two attached hydrogens (primary N) is 1. The molecule has 0 radical (unpaired) electrons. The summed E-state index contributed by atoms with van der Waals surface area (Å²) in [6.45, 7) is 0.755. The first-order valence-corrected chi connectivity index (χ1v) is 8.10. The summed E-state index contributed by atoms with van der Waals surface area (Å²) >= 11 is 1.41. The Morgan fingerprint density at radius 2 is 2.26 bits per heavy atom. The van der Waals surface area contributed by atoms with Gasteiger partial charge in [-0.05, 0) is 18.1 Å². The molecular weight excluding hydrogens is 318 g/mol. The average molecular weight is 333 g/mol. The minimum absolute atomic E-state index is 0.0730. The number of terminal acetylenes is 1. The van der Waals surface area contributed by atoms with Crippen LogP contribution in [0.1, 0.15) is 6.42 Å². The van der Waals surface area contributed by atoms with E-state index < -0.39 is 17.9 Å². The molecule has 3 N–H and O–H groups in total. The molecule has 2 amide bonds. The van der Waals surface area contributed by atoms with Crippen molar-refractivity contribution in [1.82, 2.24) is 9.80 Å². The molecule has 23 heavy (non-hydrogen) atoms. The number of aliphatic carboxylic acids is 1. The number of amides is 2. The second kappa shape index (κ2) is 5.76. The number of rotatable bonds is 3. The summed E-state index contributed by atoms with van der Waals surface area (Å²) < 4.78 is 0. The Morgan fingerprint density at radius 1 is 1.52 bits per heavy atom. The molecule has 0 aromatic carbocycles. The van der Waals surface area contributed by atoms with Crippen LogP contribution in [0.5, 0.6) is 0 Å². The maximum atomic E-state index is 12.2. The number of fused-ring (bicyclic) bond motifs is 1. The quantitative estimate of drug-likeness (QED) is 0.404. The molecule has 0 spiro atoms. The number of allylic oxidation sites excluding steroid dienone is 1. The molecule has 7 nitrogen and oxygen atoms in total. The summed E-state index contributed by atoms with van der Waals surface area (Å²) in [4.78, 5) is 38.4. The van der Waals surface area contributed by atoms with E-state index in [1.807, 2.05) is 0 Å².